The highest BCUT2D eigenvalue weighted by molar-refractivity contribution is 7.89. The number of aromatic carboxylic acids is 1. The number of ether oxygens (including phenoxy) is 1. The van der Waals surface area contributed by atoms with E-state index < -0.39 is 34.3 Å². The smallest absolute Gasteiger partial charge is 0.371 e. The van der Waals surface area contributed by atoms with Crippen molar-refractivity contribution < 1.29 is 37.4 Å². The van der Waals surface area contributed by atoms with E-state index in [9.17, 15) is 18.0 Å². The van der Waals surface area contributed by atoms with Gasteiger partial charge in [-0.05, 0) is 19.1 Å². The van der Waals surface area contributed by atoms with Crippen molar-refractivity contribution in [3.05, 3.63) is 24.0 Å². The standard InChI is InChI=1S/C13H13NO8S/c1-2-21-8-3-4-10(23(19,20)14-6-11(15)16)7-5-9(13(17)18)22-12(7)8/h3-5,14H,2,6H2,1H3,(H,15,16)(H,17,18). The zero-order valence-electron chi connectivity index (χ0n) is 11.9. The highest BCUT2D eigenvalue weighted by Crippen LogP contribution is 2.33. The maximum atomic E-state index is 12.2. The number of nitrogens with one attached hydrogen (secondary N) is 1. The van der Waals surface area contributed by atoms with Crippen molar-refractivity contribution in [2.24, 2.45) is 0 Å². The number of aliphatic carboxylic acids is 1. The molecule has 0 radical (unpaired) electrons. The molecule has 0 aliphatic rings. The van der Waals surface area contributed by atoms with Crippen LogP contribution < -0.4 is 9.46 Å². The molecule has 0 unspecified atom stereocenters. The highest BCUT2D eigenvalue weighted by Gasteiger charge is 2.24. The summed E-state index contributed by atoms with van der Waals surface area (Å²) in [6, 6.07) is 3.56. The van der Waals surface area contributed by atoms with Gasteiger partial charge in [0, 0.05) is 11.5 Å². The predicted octanol–water partition coefficient (Wildman–Crippen LogP) is 0.893. The third-order valence-electron chi connectivity index (χ3n) is 2.82. The Morgan fingerprint density at radius 2 is 2.00 bits per heavy atom. The largest absolute Gasteiger partial charge is 0.490 e. The zero-order valence-corrected chi connectivity index (χ0v) is 12.7. The van der Waals surface area contributed by atoms with E-state index in [2.05, 4.69) is 0 Å². The number of sulfonamides is 1. The lowest BCUT2D eigenvalue weighted by Gasteiger charge is -2.08. The third-order valence-corrected chi connectivity index (χ3v) is 4.28. The van der Waals surface area contributed by atoms with Gasteiger partial charge in [-0.3, -0.25) is 4.79 Å². The summed E-state index contributed by atoms with van der Waals surface area (Å²) in [4.78, 5) is 21.3. The van der Waals surface area contributed by atoms with E-state index in [1.54, 1.807) is 6.92 Å². The number of carboxylic acids is 2. The van der Waals surface area contributed by atoms with Crippen molar-refractivity contribution in [2.75, 3.05) is 13.2 Å². The molecule has 0 fully saturated rings. The van der Waals surface area contributed by atoms with Gasteiger partial charge >= 0.3 is 11.9 Å². The van der Waals surface area contributed by atoms with Crippen molar-refractivity contribution >= 4 is 32.9 Å². The number of benzene rings is 1. The average Bonchev–Trinajstić information content (AvgIpc) is 2.91. The van der Waals surface area contributed by atoms with Crippen molar-refractivity contribution in [3.63, 3.8) is 0 Å². The molecular formula is C13H13NO8S. The predicted molar refractivity (Wildman–Crippen MR) is 77.2 cm³/mol. The van der Waals surface area contributed by atoms with Gasteiger partial charge in [-0.2, -0.15) is 4.72 Å². The molecule has 0 spiro atoms. The maximum Gasteiger partial charge on any atom is 0.371 e. The fourth-order valence-corrected chi connectivity index (χ4v) is 3.07. The van der Waals surface area contributed by atoms with Crippen LogP contribution in [-0.4, -0.2) is 43.7 Å². The first-order valence-corrected chi connectivity index (χ1v) is 7.88. The molecule has 0 bridgehead atoms. The Morgan fingerprint density at radius 1 is 1.30 bits per heavy atom. The summed E-state index contributed by atoms with van der Waals surface area (Å²) >= 11 is 0. The molecule has 9 nitrogen and oxygen atoms in total. The molecule has 0 aliphatic heterocycles. The molecule has 0 aliphatic carbocycles. The molecule has 124 valence electrons. The minimum absolute atomic E-state index is 0.00811. The molecule has 0 amide bonds. The molecule has 10 heteroatoms. The third kappa shape index (κ3) is 3.43. The van der Waals surface area contributed by atoms with Gasteiger partial charge in [-0.1, -0.05) is 0 Å². The summed E-state index contributed by atoms with van der Waals surface area (Å²) in [6.07, 6.45) is 0. The van der Waals surface area contributed by atoms with E-state index in [0.29, 0.717) is 0 Å². The second-order valence-electron chi connectivity index (χ2n) is 4.37. The van der Waals surface area contributed by atoms with Crippen LogP contribution in [0.2, 0.25) is 0 Å². The van der Waals surface area contributed by atoms with Gasteiger partial charge in [0.1, 0.15) is 6.54 Å². The van der Waals surface area contributed by atoms with Crippen LogP contribution in [-0.2, 0) is 14.8 Å². The number of hydrogen-bond donors (Lipinski definition) is 3. The van der Waals surface area contributed by atoms with Gasteiger partial charge in [-0.25, -0.2) is 13.2 Å². The maximum absolute atomic E-state index is 12.2. The van der Waals surface area contributed by atoms with Crippen LogP contribution in [0.15, 0.2) is 27.5 Å². The first kappa shape index (κ1) is 16.8. The molecule has 2 rings (SSSR count). The number of fused-ring (bicyclic) bond motifs is 1. The van der Waals surface area contributed by atoms with E-state index >= 15 is 0 Å². The summed E-state index contributed by atoms with van der Waals surface area (Å²) in [7, 11) is -4.17. The monoisotopic (exact) mass is 343 g/mol. The summed E-state index contributed by atoms with van der Waals surface area (Å²) in [6.45, 7) is 1.16. The van der Waals surface area contributed by atoms with Crippen LogP contribution in [0.5, 0.6) is 5.75 Å². The van der Waals surface area contributed by atoms with E-state index in [1.165, 1.54) is 12.1 Å². The first-order valence-electron chi connectivity index (χ1n) is 6.40. The van der Waals surface area contributed by atoms with E-state index in [0.717, 1.165) is 6.07 Å². The fraction of sp³-hybridized carbons (Fsp3) is 0.231. The Kier molecular flexibility index (Phi) is 4.57. The van der Waals surface area contributed by atoms with Gasteiger partial charge in [0.15, 0.2) is 11.3 Å². The lowest BCUT2D eigenvalue weighted by molar-refractivity contribution is -0.135. The van der Waals surface area contributed by atoms with E-state index in [4.69, 9.17) is 19.4 Å². The van der Waals surface area contributed by atoms with Crippen LogP contribution in [0.3, 0.4) is 0 Å². The Hall–Kier alpha value is -2.59. The van der Waals surface area contributed by atoms with Gasteiger partial charge in [0.2, 0.25) is 15.8 Å². The fourth-order valence-electron chi connectivity index (χ4n) is 1.92. The zero-order chi connectivity index (χ0) is 17.2. The summed E-state index contributed by atoms with van der Waals surface area (Å²) in [5, 5.41) is 17.6. The number of carboxylic acid groups (broad SMARTS) is 2. The minimum atomic E-state index is -4.17. The van der Waals surface area contributed by atoms with Crippen LogP contribution >= 0.6 is 0 Å². The topological polar surface area (TPSA) is 143 Å². The molecular weight excluding hydrogens is 330 g/mol. The van der Waals surface area contributed by atoms with Crippen LogP contribution in [0, 0.1) is 0 Å². The second kappa shape index (κ2) is 6.26. The highest BCUT2D eigenvalue weighted by atomic mass is 32.2. The molecule has 1 aromatic heterocycles. The van der Waals surface area contributed by atoms with Crippen LogP contribution in [0.1, 0.15) is 17.5 Å². The SMILES string of the molecule is CCOc1ccc(S(=O)(=O)NCC(=O)O)c2cc(C(=O)O)oc12. The molecule has 2 aromatic rings. The number of carbonyl (C=O) groups is 2. The minimum Gasteiger partial charge on any atom is -0.490 e. The van der Waals surface area contributed by atoms with Gasteiger partial charge in [0.25, 0.3) is 0 Å². The summed E-state index contributed by atoms with van der Waals surface area (Å²) < 4.78 is 36.7. The summed E-state index contributed by atoms with van der Waals surface area (Å²) in [5.41, 5.74) is -0.0394. The Bertz CT molecular complexity index is 867. The molecule has 3 N–H and O–H groups in total. The van der Waals surface area contributed by atoms with Gasteiger partial charge in [0.05, 0.1) is 11.5 Å². The molecule has 0 saturated heterocycles. The Morgan fingerprint density at radius 3 is 2.57 bits per heavy atom. The quantitative estimate of drug-likeness (QED) is 0.672. The lowest BCUT2D eigenvalue weighted by Crippen LogP contribution is -2.29. The van der Waals surface area contributed by atoms with Crippen molar-refractivity contribution in [2.45, 2.75) is 11.8 Å². The Balaban J connectivity index is 2.63. The lowest BCUT2D eigenvalue weighted by atomic mass is 10.2. The van der Waals surface area contributed by atoms with Crippen molar-refractivity contribution in [1.29, 1.82) is 0 Å². The van der Waals surface area contributed by atoms with Gasteiger partial charge in [-0.15, -0.1) is 0 Å². The number of hydrogen-bond acceptors (Lipinski definition) is 6. The molecule has 1 aromatic carbocycles. The van der Waals surface area contributed by atoms with Crippen molar-refractivity contribution in [1.82, 2.24) is 4.72 Å². The molecule has 23 heavy (non-hydrogen) atoms. The van der Waals surface area contributed by atoms with Crippen LogP contribution in [0.25, 0.3) is 11.0 Å². The van der Waals surface area contributed by atoms with Crippen molar-refractivity contribution in [3.8, 4) is 5.75 Å². The second-order valence-corrected chi connectivity index (χ2v) is 6.11. The Labute approximate surface area is 130 Å². The number of furan rings is 1. The first-order chi connectivity index (χ1) is 10.8. The average molecular weight is 343 g/mol. The van der Waals surface area contributed by atoms with Crippen LogP contribution in [0.4, 0.5) is 0 Å². The normalized spacial score (nSPS) is 11.5. The van der Waals surface area contributed by atoms with Gasteiger partial charge < -0.3 is 19.4 Å². The molecule has 1 heterocycles. The van der Waals surface area contributed by atoms with E-state index in [-0.39, 0.29) is 28.2 Å². The summed E-state index contributed by atoms with van der Waals surface area (Å²) in [5.74, 6) is -2.99. The molecule has 0 saturated carbocycles. The number of rotatable bonds is 7. The van der Waals surface area contributed by atoms with E-state index in [1.807, 2.05) is 4.72 Å². The molecule has 0 atom stereocenters.